The maximum atomic E-state index is 11.5. The molecule has 1 aromatic heterocycles. The minimum absolute atomic E-state index is 0.0999. The van der Waals surface area contributed by atoms with Crippen molar-refractivity contribution in [3.63, 3.8) is 0 Å². The van der Waals surface area contributed by atoms with Crippen molar-refractivity contribution in [2.45, 2.75) is 13.3 Å². The first-order valence-electron chi connectivity index (χ1n) is 8.56. The average Bonchev–Trinajstić information content (AvgIpc) is 2.63. The first-order chi connectivity index (χ1) is 12.2. The number of morpholine rings is 1. The lowest BCUT2D eigenvalue weighted by Crippen LogP contribution is -2.37. The third kappa shape index (κ3) is 5.48. The smallest absolute Gasteiger partial charge is 0.353 e. The van der Waals surface area contributed by atoms with E-state index in [9.17, 15) is 10.1 Å². The van der Waals surface area contributed by atoms with Gasteiger partial charge in [0.1, 0.15) is 6.33 Å². The number of nitrogens with one attached hydrogen (secondary N) is 1. The molecule has 1 aliphatic rings. The average molecular weight is 354 g/mol. The van der Waals surface area contributed by atoms with Crippen molar-refractivity contribution < 1.29 is 14.8 Å². The molecule has 0 saturated carbocycles. The number of rotatable bonds is 10. The molecule has 0 unspecified atom stereocenters. The Morgan fingerprint density at radius 1 is 1.44 bits per heavy atom. The van der Waals surface area contributed by atoms with Gasteiger partial charge in [-0.2, -0.15) is 0 Å². The molecule has 1 saturated heterocycles. The summed E-state index contributed by atoms with van der Waals surface area (Å²) in [7, 11) is 0. The summed E-state index contributed by atoms with van der Waals surface area (Å²) < 4.78 is 5.31. The van der Waals surface area contributed by atoms with E-state index in [1.807, 2.05) is 6.92 Å². The van der Waals surface area contributed by atoms with E-state index in [2.05, 4.69) is 20.2 Å². The van der Waals surface area contributed by atoms with Crippen LogP contribution in [-0.2, 0) is 4.74 Å². The summed E-state index contributed by atoms with van der Waals surface area (Å²) in [5, 5.41) is 23.7. The molecule has 140 valence electrons. The maximum Gasteiger partial charge on any atom is 0.353 e. The van der Waals surface area contributed by atoms with Gasteiger partial charge < -0.3 is 20.1 Å². The maximum absolute atomic E-state index is 11.5. The van der Waals surface area contributed by atoms with Gasteiger partial charge in [-0.05, 0) is 19.9 Å². The molecule has 2 heterocycles. The molecule has 1 aliphatic heterocycles. The minimum Gasteiger partial charge on any atom is -0.395 e. The van der Waals surface area contributed by atoms with E-state index in [1.54, 1.807) is 4.90 Å². The number of aliphatic hydroxyl groups is 1. The Labute approximate surface area is 147 Å². The fourth-order valence-corrected chi connectivity index (χ4v) is 2.77. The van der Waals surface area contributed by atoms with Crippen LogP contribution in [0.1, 0.15) is 13.3 Å². The fourth-order valence-electron chi connectivity index (χ4n) is 2.77. The quantitative estimate of drug-likeness (QED) is 0.348. The lowest BCUT2D eigenvalue weighted by Gasteiger charge is -2.26. The third-order valence-corrected chi connectivity index (χ3v) is 4.08. The highest BCUT2D eigenvalue weighted by Crippen LogP contribution is 2.31. The second kappa shape index (κ2) is 10.1. The molecule has 2 rings (SSSR count). The second-order valence-corrected chi connectivity index (χ2v) is 5.69. The molecule has 10 nitrogen and oxygen atoms in total. The predicted octanol–water partition coefficient (Wildman–Crippen LogP) is 0.338. The van der Waals surface area contributed by atoms with Crippen molar-refractivity contribution in [1.82, 2.24) is 14.9 Å². The summed E-state index contributed by atoms with van der Waals surface area (Å²) in [4.78, 5) is 23.1. The van der Waals surface area contributed by atoms with Gasteiger partial charge in [-0.1, -0.05) is 0 Å². The number of ether oxygens (including phenoxy) is 1. The Bertz CT molecular complexity index is 553. The molecule has 2 N–H and O–H groups in total. The van der Waals surface area contributed by atoms with E-state index >= 15 is 0 Å². The summed E-state index contributed by atoms with van der Waals surface area (Å²) in [6, 6.07) is 0. The van der Waals surface area contributed by atoms with Gasteiger partial charge in [0, 0.05) is 32.7 Å². The Morgan fingerprint density at radius 2 is 2.20 bits per heavy atom. The first-order valence-corrected chi connectivity index (χ1v) is 8.56. The topological polar surface area (TPSA) is 117 Å². The highest BCUT2D eigenvalue weighted by Gasteiger charge is 2.26. The highest BCUT2D eigenvalue weighted by molar-refractivity contribution is 5.70. The molecule has 0 amide bonds. The Morgan fingerprint density at radius 3 is 2.84 bits per heavy atom. The zero-order valence-corrected chi connectivity index (χ0v) is 14.6. The monoisotopic (exact) mass is 354 g/mol. The van der Waals surface area contributed by atoms with Crippen LogP contribution in [0.3, 0.4) is 0 Å². The van der Waals surface area contributed by atoms with E-state index in [0.29, 0.717) is 13.1 Å². The molecule has 0 aliphatic carbocycles. The number of nitro groups is 1. The fraction of sp³-hybridized carbons (Fsp3) is 0.733. The molecule has 0 atom stereocenters. The van der Waals surface area contributed by atoms with Crippen molar-refractivity contribution in [2.75, 3.05) is 69.3 Å². The van der Waals surface area contributed by atoms with E-state index < -0.39 is 4.92 Å². The molecule has 10 heteroatoms. The van der Waals surface area contributed by atoms with E-state index in [0.717, 1.165) is 39.3 Å². The van der Waals surface area contributed by atoms with Crippen LogP contribution in [0.25, 0.3) is 0 Å². The van der Waals surface area contributed by atoms with Gasteiger partial charge in [-0.3, -0.25) is 15.0 Å². The van der Waals surface area contributed by atoms with Crippen LogP contribution in [0.2, 0.25) is 0 Å². The lowest BCUT2D eigenvalue weighted by atomic mass is 10.3. The third-order valence-electron chi connectivity index (χ3n) is 4.08. The number of aliphatic hydroxyl groups excluding tert-OH is 1. The zero-order valence-electron chi connectivity index (χ0n) is 14.6. The summed E-state index contributed by atoms with van der Waals surface area (Å²) >= 11 is 0. The van der Waals surface area contributed by atoms with E-state index in [4.69, 9.17) is 9.84 Å². The van der Waals surface area contributed by atoms with Gasteiger partial charge in [0.15, 0.2) is 0 Å². The number of hydrogen-bond donors (Lipinski definition) is 2. The van der Waals surface area contributed by atoms with Gasteiger partial charge in [0.25, 0.3) is 0 Å². The van der Waals surface area contributed by atoms with Gasteiger partial charge in [-0.25, -0.2) is 9.97 Å². The minimum atomic E-state index is -0.473. The molecule has 25 heavy (non-hydrogen) atoms. The second-order valence-electron chi connectivity index (χ2n) is 5.69. The number of nitrogens with zero attached hydrogens (tertiary/aromatic N) is 5. The Balaban J connectivity index is 2.00. The number of hydrogen-bond acceptors (Lipinski definition) is 9. The summed E-state index contributed by atoms with van der Waals surface area (Å²) in [5.41, 5.74) is -0.149. The lowest BCUT2D eigenvalue weighted by molar-refractivity contribution is -0.383. The van der Waals surface area contributed by atoms with E-state index in [-0.39, 0.29) is 30.5 Å². The normalized spacial score (nSPS) is 15.1. The number of likely N-dealkylation sites (N-methyl/N-ethyl adjacent to an activating group) is 1. The standard InChI is InChI=1S/C15H26N6O4/c1-2-20(6-9-22)15-13(21(23)24)14(17-12-18-15)16-4-3-5-19-7-10-25-11-8-19/h12,22H,2-11H2,1H3,(H,16,17,18). The zero-order chi connectivity index (χ0) is 18.1. The first kappa shape index (κ1) is 19.3. The van der Waals surface area contributed by atoms with Gasteiger partial charge in [-0.15, -0.1) is 0 Å². The number of aromatic nitrogens is 2. The van der Waals surface area contributed by atoms with Crippen molar-refractivity contribution in [2.24, 2.45) is 0 Å². The van der Waals surface area contributed by atoms with Gasteiger partial charge in [0.2, 0.25) is 11.6 Å². The highest BCUT2D eigenvalue weighted by atomic mass is 16.6. The molecule has 0 spiro atoms. The SMILES string of the molecule is CCN(CCO)c1ncnc(NCCCN2CCOCC2)c1[N+](=O)[O-]. The van der Waals surface area contributed by atoms with E-state index in [1.165, 1.54) is 6.33 Å². The van der Waals surface area contributed by atoms with Crippen LogP contribution in [0.15, 0.2) is 6.33 Å². The van der Waals surface area contributed by atoms with Crippen LogP contribution < -0.4 is 10.2 Å². The van der Waals surface area contributed by atoms with Crippen LogP contribution in [0.5, 0.6) is 0 Å². The summed E-state index contributed by atoms with van der Waals surface area (Å²) in [6.07, 6.45) is 2.16. The van der Waals surface area contributed by atoms with Crippen LogP contribution in [0.4, 0.5) is 17.3 Å². The molecule has 0 radical (unpaired) electrons. The molecule has 0 bridgehead atoms. The molecule has 1 aromatic rings. The van der Waals surface area contributed by atoms with Crippen LogP contribution in [-0.4, -0.2) is 84.0 Å². The predicted molar refractivity (Wildman–Crippen MR) is 94.0 cm³/mol. The Hall–Kier alpha value is -2.04. The largest absolute Gasteiger partial charge is 0.395 e. The summed E-state index contributed by atoms with van der Waals surface area (Å²) in [5.74, 6) is 0.445. The van der Waals surface area contributed by atoms with Gasteiger partial charge >= 0.3 is 5.69 Å². The van der Waals surface area contributed by atoms with Crippen LogP contribution in [0, 0.1) is 10.1 Å². The molecule has 1 fully saturated rings. The van der Waals surface area contributed by atoms with Crippen LogP contribution >= 0.6 is 0 Å². The van der Waals surface area contributed by atoms with Gasteiger partial charge in [0.05, 0.1) is 24.7 Å². The molecular weight excluding hydrogens is 328 g/mol. The number of anilines is 2. The summed E-state index contributed by atoms with van der Waals surface area (Å²) in [6.45, 7) is 7.40. The van der Waals surface area contributed by atoms with Crippen molar-refractivity contribution in [3.8, 4) is 0 Å². The van der Waals surface area contributed by atoms with Crippen molar-refractivity contribution >= 4 is 17.3 Å². The molecule has 0 aromatic carbocycles. The van der Waals surface area contributed by atoms with Crippen molar-refractivity contribution in [1.29, 1.82) is 0 Å². The Kier molecular flexibility index (Phi) is 7.76. The van der Waals surface area contributed by atoms with Crippen molar-refractivity contribution in [3.05, 3.63) is 16.4 Å². The molecular formula is C15H26N6O4.